The molecule has 3 N–H and O–H groups in total. The molecule has 0 aliphatic carbocycles. The molecule has 0 fully saturated rings. The van der Waals surface area contributed by atoms with Gasteiger partial charge in [0.1, 0.15) is 10.7 Å². The third-order valence-corrected chi connectivity index (χ3v) is 3.67. The first-order chi connectivity index (χ1) is 12.5. The Morgan fingerprint density at radius 1 is 0.846 bits per heavy atom. The molecule has 0 saturated heterocycles. The number of anilines is 1. The van der Waals surface area contributed by atoms with Crippen molar-refractivity contribution in [3.8, 4) is 0 Å². The van der Waals surface area contributed by atoms with Gasteiger partial charge in [0.2, 0.25) is 5.91 Å². The summed E-state index contributed by atoms with van der Waals surface area (Å²) in [6.07, 6.45) is 3.13. The average molecular weight is 347 g/mol. The van der Waals surface area contributed by atoms with Gasteiger partial charge in [0, 0.05) is 18.2 Å². The van der Waals surface area contributed by atoms with Gasteiger partial charge in [0.05, 0.1) is 0 Å². The highest BCUT2D eigenvalue weighted by Gasteiger charge is 2.02. The Kier molecular flexibility index (Phi) is 4.94. The second-order valence-electron chi connectivity index (χ2n) is 5.70. The number of amides is 1. The molecule has 0 spiro atoms. The van der Waals surface area contributed by atoms with Crippen LogP contribution >= 0.6 is 0 Å². The summed E-state index contributed by atoms with van der Waals surface area (Å²) in [5.74, 6) is -0.221. The quantitative estimate of drug-likeness (QED) is 0.650. The molecule has 0 atom stereocenters. The van der Waals surface area contributed by atoms with E-state index in [1.165, 1.54) is 13.0 Å². The average Bonchev–Trinajstić information content (AvgIpc) is 2.61. The van der Waals surface area contributed by atoms with E-state index in [2.05, 4.69) is 15.3 Å². The van der Waals surface area contributed by atoms with Crippen LogP contribution in [-0.2, 0) is 4.79 Å². The minimum atomic E-state index is -0.426. The van der Waals surface area contributed by atoms with Crippen LogP contribution in [-0.4, -0.2) is 15.9 Å². The molecular formula is C20H17N3O3. The minimum Gasteiger partial charge on any atom is -0.326 e. The van der Waals surface area contributed by atoms with Crippen molar-refractivity contribution in [3.05, 3.63) is 97.1 Å². The van der Waals surface area contributed by atoms with E-state index in [0.29, 0.717) is 11.3 Å². The third kappa shape index (κ3) is 4.05. The molecular weight excluding hydrogens is 330 g/mol. The molecule has 0 bridgehead atoms. The summed E-state index contributed by atoms with van der Waals surface area (Å²) in [5.41, 5.74) is 1.14. The van der Waals surface area contributed by atoms with Crippen LogP contribution in [0.4, 0.5) is 5.69 Å². The smallest absolute Gasteiger partial charge is 0.272 e. The molecule has 0 radical (unpaired) electrons. The highest BCUT2D eigenvalue weighted by atomic mass is 16.1. The molecule has 1 amide bonds. The van der Waals surface area contributed by atoms with Gasteiger partial charge in [0.25, 0.3) is 11.1 Å². The van der Waals surface area contributed by atoms with Crippen molar-refractivity contribution in [3.63, 3.8) is 0 Å². The van der Waals surface area contributed by atoms with Crippen molar-refractivity contribution in [1.82, 2.24) is 9.97 Å². The van der Waals surface area contributed by atoms with E-state index in [0.717, 1.165) is 5.56 Å². The number of para-hydroxylation sites is 1. The maximum Gasteiger partial charge on any atom is 0.272 e. The maximum atomic E-state index is 12.4. The summed E-state index contributed by atoms with van der Waals surface area (Å²) in [5, 5.41) is 2.97. The van der Waals surface area contributed by atoms with Gasteiger partial charge in [-0.15, -0.1) is 0 Å². The standard InChI is InChI=1S/C20H17N3O3/c1-13(24)21-16-10-6-5-9-15(16)12-18-20(26)22-17(19(25)23-18)11-14-7-3-2-4-8-14/h2-12H,1H3,(H,21,24)(H,22,26)(H,23,25)/b17-11-,18-12-. The first kappa shape index (κ1) is 17.2. The van der Waals surface area contributed by atoms with Crippen molar-refractivity contribution < 1.29 is 4.79 Å². The number of rotatable bonds is 3. The summed E-state index contributed by atoms with van der Waals surface area (Å²) in [6.45, 7) is 1.40. The monoisotopic (exact) mass is 347 g/mol. The lowest BCUT2D eigenvalue weighted by atomic mass is 10.1. The van der Waals surface area contributed by atoms with Crippen molar-refractivity contribution in [1.29, 1.82) is 0 Å². The predicted molar refractivity (Wildman–Crippen MR) is 101 cm³/mol. The number of carbonyl (C=O) groups is 1. The van der Waals surface area contributed by atoms with Gasteiger partial charge >= 0.3 is 0 Å². The van der Waals surface area contributed by atoms with E-state index < -0.39 is 11.1 Å². The molecule has 0 saturated carbocycles. The van der Waals surface area contributed by atoms with E-state index >= 15 is 0 Å². The first-order valence-corrected chi connectivity index (χ1v) is 8.01. The van der Waals surface area contributed by atoms with Crippen LogP contribution in [0.15, 0.2) is 64.2 Å². The third-order valence-electron chi connectivity index (χ3n) is 3.67. The Morgan fingerprint density at radius 3 is 2.08 bits per heavy atom. The van der Waals surface area contributed by atoms with Crippen molar-refractivity contribution in [2.75, 3.05) is 5.32 Å². The molecule has 1 aromatic heterocycles. The Hall–Kier alpha value is -3.67. The van der Waals surface area contributed by atoms with Crippen molar-refractivity contribution in [2.24, 2.45) is 0 Å². The van der Waals surface area contributed by atoms with Gasteiger partial charge in [-0.25, -0.2) is 0 Å². The number of hydrogen-bond donors (Lipinski definition) is 3. The Morgan fingerprint density at radius 2 is 1.42 bits per heavy atom. The number of aromatic amines is 2. The highest BCUT2D eigenvalue weighted by Crippen LogP contribution is 2.15. The van der Waals surface area contributed by atoms with Crippen molar-refractivity contribution in [2.45, 2.75) is 6.92 Å². The number of benzene rings is 2. The fourth-order valence-corrected chi connectivity index (χ4v) is 2.49. The molecule has 26 heavy (non-hydrogen) atoms. The van der Waals surface area contributed by atoms with Crippen LogP contribution in [0.2, 0.25) is 0 Å². The molecule has 0 aliphatic heterocycles. The topological polar surface area (TPSA) is 94.8 Å². The lowest BCUT2D eigenvalue weighted by Crippen LogP contribution is -2.46. The Labute approximate surface area is 148 Å². The lowest BCUT2D eigenvalue weighted by Gasteiger charge is -2.05. The van der Waals surface area contributed by atoms with Gasteiger partial charge in [-0.05, 0) is 23.8 Å². The fraction of sp³-hybridized carbons (Fsp3) is 0.0500. The van der Waals surface area contributed by atoms with Crippen LogP contribution < -0.4 is 27.1 Å². The van der Waals surface area contributed by atoms with Crippen LogP contribution in [0.3, 0.4) is 0 Å². The second kappa shape index (κ2) is 7.48. The lowest BCUT2D eigenvalue weighted by molar-refractivity contribution is -0.114. The summed E-state index contributed by atoms with van der Waals surface area (Å²) < 4.78 is 0. The summed E-state index contributed by atoms with van der Waals surface area (Å²) in [6, 6.07) is 16.2. The van der Waals surface area contributed by atoms with Crippen LogP contribution in [0.1, 0.15) is 18.1 Å². The summed E-state index contributed by atoms with van der Waals surface area (Å²) in [7, 11) is 0. The molecule has 0 aliphatic rings. The van der Waals surface area contributed by atoms with Gasteiger partial charge in [-0.2, -0.15) is 0 Å². The number of carbonyl (C=O) groups excluding carboxylic acids is 1. The molecule has 130 valence electrons. The number of hydrogen-bond acceptors (Lipinski definition) is 3. The summed E-state index contributed by atoms with van der Waals surface area (Å²) in [4.78, 5) is 41.2. The van der Waals surface area contributed by atoms with Gasteiger partial charge in [-0.3, -0.25) is 14.4 Å². The SMILES string of the molecule is CC(=O)Nc1ccccc1/C=c1\[nH]c(=O)/c(=C/c2ccccc2)[nH]c1=O. The minimum absolute atomic E-state index is 0.109. The van der Waals surface area contributed by atoms with E-state index in [4.69, 9.17) is 0 Å². The van der Waals surface area contributed by atoms with Crippen molar-refractivity contribution >= 4 is 23.7 Å². The molecule has 0 unspecified atom stereocenters. The zero-order valence-electron chi connectivity index (χ0n) is 14.1. The molecule has 2 aromatic carbocycles. The van der Waals surface area contributed by atoms with E-state index in [9.17, 15) is 14.4 Å². The zero-order valence-corrected chi connectivity index (χ0v) is 14.1. The van der Waals surface area contributed by atoms with Gasteiger partial charge in [-0.1, -0.05) is 48.5 Å². The van der Waals surface area contributed by atoms with E-state index in [1.54, 1.807) is 30.3 Å². The number of aromatic nitrogens is 2. The van der Waals surface area contributed by atoms with Crippen LogP contribution in [0.25, 0.3) is 12.2 Å². The molecule has 3 aromatic rings. The number of H-pyrrole nitrogens is 2. The molecule has 6 heteroatoms. The van der Waals surface area contributed by atoms with E-state index in [1.807, 2.05) is 30.3 Å². The molecule has 1 heterocycles. The highest BCUT2D eigenvalue weighted by molar-refractivity contribution is 5.91. The van der Waals surface area contributed by atoms with Gasteiger partial charge in [0.15, 0.2) is 0 Å². The Bertz CT molecular complexity index is 1180. The van der Waals surface area contributed by atoms with Gasteiger partial charge < -0.3 is 15.3 Å². The Balaban J connectivity index is 2.12. The summed E-state index contributed by atoms with van der Waals surface area (Å²) >= 11 is 0. The second-order valence-corrected chi connectivity index (χ2v) is 5.70. The fourth-order valence-electron chi connectivity index (χ4n) is 2.49. The largest absolute Gasteiger partial charge is 0.326 e. The predicted octanol–water partition coefficient (Wildman–Crippen LogP) is 0.679. The molecule has 3 rings (SSSR count). The van der Waals surface area contributed by atoms with Crippen LogP contribution in [0, 0.1) is 0 Å². The molecule has 6 nitrogen and oxygen atoms in total. The number of nitrogens with one attached hydrogen (secondary N) is 3. The maximum absolute atomic E-state index is 12.4. The normalized spacial score (nSPS) is 12.2. The van der Waals surface area contributed by atoms with E-state index in [-0.39, 0.29) is 16.6 Å². The van der Waals surface area contributed by atoms with Crippen LogP contribution in [0.5, 0.6) is 0 Å². The zero-order chi connectivity index (χ0) is 18.5. The first-order valence-electron chi connectivity index (χ1n) is 8.01.